The summed E-state index contributed by atoms with van der Waals surface area (Å²) in [4.78, 5) is 30.1. The Morgan fingerprint density at radius 1 is 0.900 bits per heavy atom. The van der Waals surface area contributed by atoms with Gasteiger partial charge in [0, 0.05) is 37.6 Å². The number of piperazine rings is 1. The van der Waals surface area contributed by atoms with Gasteiger partial charge in [0.25, 0.3) is 5.91 Å². The van der Waals surface area contributed by atoms with Crippen LogP contribution >= 0.6 is 0 Å². The zero-order chi connectivity index (χ0) is 28.2. The lowest BCUT2D eigenvalue weighted by atomic mass is 10.1. The average molecular weight is 541 g/mol. The maximum absolute atomic E-state index is 15.0. The highest BCUT2D eigenvalue weighted by Gasteiger charge is 2.28. The van der Waals surface area contributed by atoms with Crippen molar-refractivity contribution in [2.24, 2.45) is 0 Å². The van der Waals surface area contributed by atoms with Crippen LogP contribution < -0.4 is 10.1 Å². The number of anilines is 1. The van der Waals surface area contributed by atoms with Gasteiger partial charge in [-0.25, -0.2) is 9.18 Å². The highest BCUT2D eigenvalue weighted by molar-refractivity contribution is 5.98. The molecule has 7 nitrogen and oxygen atoms in total. The van der Waals surface area contributed by atoms with Gasteiger partial charge in [0.1, 0.15) is 11.6 Å². The Labute approximate surface area is 233 Å². The summed E-state index contributed by atoms with van der Waals surface area (Å²) in [6, 6.07) is 23.5. The van der Waals surface area contributed by atoms with Crippen molar-refractivity contribution in [2.75, 3.05) is 38.6 Å². The number of rotatable bonds is 6. The first-order valence-electron chi connectivity index (χ1n) is 13.5. The molecule has 0 radical (unpaired) electrons. The first kappa shape index (κ1) is 27.0. The number of para-hydroxylation sites is 1. The van der Waals surface area contributed by atoms with Crippen LogP contribution in [0.1, 0.15) is 28.5 Å². The number of urea groups is 1. The second kappa shape index (κ2) is 11.7. The molecule has 3 amide bonds. The molecule has 1 N–H and O–H groups in total. The van der Waals surface area contributed by atoms with E-state index < -0.39 is 0 Å². The zero-order valence-corrected chi connectivity index (χ0v) is 23.0. The van der Waals surface area contributed by atoms with Gasteiger partial charge >= 0.3 is 6.03 Å². The molecule has 1 saturated heterocycles. The monoisotopic (exact) mass is 540 g/mol. The summed E-state index contributed by atoms with van der Waals surface area (Å²) in [5.74, 6) is 0.192. The first-order chi connectivity index (χ1) is 19.4. The molecule has 1 aliphatic heterocycles. The van der Waals surface area contributed by atoms with Crippen molar-refractivity contribution in [3.05, 3.63) is 102 Å². The fourth-order valence-corrected chi connectivity index (χ4v) is 5.10. The van der Waals surface area contributed by atoms with Crippen LogP contribution in [0.5, 0.6) is 5.75 Å². The highest BCUT2D eigenvalue weighted by atomic mass is 19.1. The number of carbonyl (C=O) groups is 2. The second-order valence-corrected chi connectivity index (χ2v) is 9.81. The molecule has 8 heteroatoms. The van der Waals surface area contributed by atoms with Gasteiger partial charge in [0.15, 0.2) is 0 Å². The highest BCUT2D eigenvalue weighted by Crippen LogP contribution is 2.32. The predicted octanol–water partition coefficient (Wildman–Crippen LogP) is 6.15. The van der Waals surface area contributed by atoms with E-state index in [1.54, 1.807) is 39.7 Å². The minimum absolute atomic E-state index is 0.141. The fraction of sp³-hybridized carbons (Fsp3) is 0.250. The van der Waals surface area contributed by atoms with Gasteiger partial charge in [-0.15, -0.1) is 0 Å². The van der Waals surface area contributed by atoms with Crippen LogP contribution in [0.25, 0.3) is 16.9 Å². The quantitative estimate of drug-likeness (QED) is 0.319. The van der Waals surface area contributed by atoms with E-state index in [4.69, 9.17) is 4.74 Å². The fourth-order valence-electron chi connectivity index (χ4n) is 5.10. The molecular weight excluding hydrogens is 507 g/mol. The lowest BCUT2D eigenvalue weighted by Crippen LogP contribution is -2.51. The Morgan fingerprint density at radius 2 is 1.60 bits per heavy atom. The maximum atomic E-state index is 15.0. The third kappa shape index (κ3) is 5.43. The molecule has 1 aromatic heterocycles. The topological polar surface area (TPSA) is 66.8 Å². The van der Waals surface area contributed by atoms with Crippen LogP contribution in [0.2, 0.25) is 0 Å². The van der Waals surface area contributed by atoms with Gasteiger partial charge in [0.2, 0.25) is 0 Å². The predicted molar refractivity (Wildman–Crippen MR) is 155 cm³/mol. The number of ether oxygens (including phenoxy) is 1. The van der Waals surface area contributed by atoms with Gasteiger partial charge in [-0.2, -0.15) is 0 Å². The number of halogens is 1. The molecule has 1 aliphatic rings. The third-order valence-corrected chi connectivity index (χ3v) is 7.40. The Kier molecular flexibility index (Phi) is 7.86. The molecule has 4 aromatic rings. The van der Waals surface area contributed by atoms with E-state index in [1.165, 1.54) is 6.07 Å². The van der Waals surface area contributed by atoms with Crippen LogP contribution in [-0.4, -0.2) is 59.6 Å². The Morgan fingerprint density at radius 3 is 2.27 bits per heavy atom. The maximum Gasteiger partial charge on any atom is 0.321 e. The molecule has 3 aromatic carbocycles. The number of methoxy groups -OCH3 is 1. The van der Waals surface area contributed by atoms with Gasteiger partial charge in [-0.1, -0.05) is 31.2 Å². The van der Waals surface area contributed by atoms with E-state index in [9.17, 15) is 14.0 Å². The standard InChI is InChI=1S/C32H33FN4O3/c1-4-23-8-7-9-25(20-23)34-32(39)36-18-16-35(17-19-36)31(38)27-21-30(24-12-14-26(40-3)15-13-24)37(22(27)2)29-11-6-5-10-28(29)33/h5-15,20-21H,4,16-19H2,1-3H3,(H,34,39). The number of hydrogen-bond acceptors (Lipinski definition) is 3. The van der Waals surface area contributed by atoms with E-state index in [1.807, 2.05) is 61.5 Å². The first-order valence-corrected chi connectivity index (χ1v) is 13.5. The summed E-state index contributed by atoms with van der Waals surface area (Å²) < 4.78 is 22.1. The second-order valence-electron chi connectivity index (χ2n) is 9.81. The number of carbonyl (C=O) groups excluding carboxylic acids is 2. The molecule has 0 unspecified atom stereocenters. The molecular formula is C32H33FN4O3. The van der Waals surface area contributed by atoms with Crippen LogP contribution in [0.4, 0.5) is 14.9 Å². The van der Waals surface area contributed by atoms with E-state index in [-0.39, 0.29) is 17.8 Å². The molecule has 2 heterocycles. The minimum atomic E-state index is -0.376. The van der Waals surface area contributed by atoms with Crippen molar-refractivity contribution in [3.8, 4) is 22.7 Å². The summed E-state index contributed by atoms with van der Waals surface area (Å²) in [7, 11) is 1.60. The number of nitrogens with one attached hydrogen (secondary N) is 1. The number of nitrogens with zero attached hydrogens (tertiary/aromatic N) is 3. The van der Waals surface area contributed by atoms with Crippen molar-refractivity contribution in [1.29, 1.82) is 0 Å². The summed E-state index contributed by atoms with van der Waals surface area (Å²) in [6.45, 7) is 5.56. The zero-order valence-electron chi connectivity index (χ0n) is 23.0. The SMILES string of the molecule is CCc1cccc(NC(=O)N2CCN(C(=O)c3cc(-c4ccc(OC)cc4)n(-c4ccccc4F)c3C)CC2)c1. The molecule has 0 atom stereocenters. The summed E-state index contributed by atoms with van der Waals surface area (Å²) in [6.07, 6.45) is 0.892. The summed E-state index contributed by atoms with van der Waals surface area (Å²) in [5, 5.41) is 2.97. The normalized spacial score (nSPS) is 13.3. The van der Waals surface area contributed by atoms with Gasteiger partial charge in [-0.05, 0) is 79.1 Å². The van der Waals surface area contributed by atoms with Crippen LogP contribution in [0.15, 0.2) is 78.9 Å². The van der Waals surface area contributed by atoms with Gasteiger partial charge in [-0.3, -0.25) is 4.79 Å². The van der Waals surface area contributed by atoms with Gasteiger partial charge in [0.05, 0.1) is 24.1 Å². The molecule has 40 heavy (non-hydrogen) atoms. The molecule has 5 rings (SSSR count). The lowest BCUT2D eigenvalue weighted by Gasteiger charge is -2.34. The van der Waals surface area contributed by atoms with Crippen molar-refractivity contribution >= 4 is 17.6 Å². The van der Waals surface area contributed by atoms with Crippen molar-refractivity contribution < 1.29 is 18.7 Å². The van der Waals surface area contributed by atoms with E-state index in [2.05, 4.69) is 12.2 Å². The number of hydrogen-bond donors (Lipinski definition) is 1. The number of benzene rings is 3. The molecule has 0 bridgehead atoms. The minimum Gasteiger partial charge on any atom is -0.497 e. The lowest BCUT2D eigenvalue weighted by molar-refractivity contribution is 0.0671. The Balaban J connectivity index is 1.37. The Bertz CT molecular complexity index is 1520. The van der Waals surface area contributed by atoms with E-state index in [0.29, 0.717) is 54.6 Å². The molecule has 206 valence electrons. The smallest absolute Gasteiger partial charge is 0.321 e. The molecule has 0 aliphatic carbocycles. The largest absolute Gasteiger partial charge is 0.497 e. The van der Waals surface area contributed by atoms with E-state index in [0.717, 1.165) is 23.2 Å². The summed E-state index contributed by atoms with van der Waals surface area (Å²) >= 11 is 0. The number of aromatic nitrogens is 1. The van der Waals surface area contributed by atoms with Crippen molar-refractivity contribution in [1.82, 2.24) is 14.4 Å². The molecule has 1 fully saturated rings. The van der Waals surface area contributed by atoms with E-state index >= 15 is 0 Å². The van der Waals surface area contributed by atoms with Crippen molar-refractivity contribution in [2.45, 2.75) is 20.3 Å². The average Bonchev–Trinajstić information content (AvgIpc) is 3.33. The Hall–Kier alpha value is -4.59. The third-order valence-electron chi connectivity index (χ3n) is 7.40. The number of amides is 3. The van der Waals surface area contributed by atoms with Crippen molar-refractivity contribution in [3.63, 3.8) is 0 Å². The molecule has 0 spiro atoms. The number of aryl methyl sites for hydroxylation is 1. The molecule has 0 saturated carbocycles. The van der Waals surface area contributed by atoms with Gasteiger partial charge < -0.3 is 24.4 Å². The van der Waals surface area contributed by atoms with Crippen LogP contribution in [0, 0.1) is 12.7 Å². The summed E-state index contributed by atoms with van der Waals surface area (Å²) in [5.41, 5.74) is 4.98. The van der Waals surface area contributed by atoms with Crippen LogP contribution in [-0.2, 0) is 6.42 Å². The van der Waals surface area contributed by atoms with Crippen LogP contribution in [0.3, 0.4) is 0 Å².